The molecular formula is C25H24O3S. The fourth-order valence-electron chi connectivity index (χ4n) is 3.18. The third-order valence-electron chi connectivity index (χ3n) is 4.62. The van der Waals surface area contributed by atoms with Crippen molar-refractivity contribution >= 4 is 23.5 Å². The molecule has 0 aliphatic heterocycles. The van der Waals surface area contributed by atoms with Crippen molar-refractivity contribution in [3.63, 3.8) is 0 Å². The summed E-state index contributed by atoms with van der Waals surface area (Å²) >= 11 is 1.50. The number of aryl methyl sites for hydroxylation is 2. The summed E-state index contributed by atoms with van der Waals surface area (Å²) in [4.78, 5) is 24.7. The van der Waals surface area contributed by atoms with E-state index in [1.807, 2.05) is 62.4 Å². The number of Topliss-reactive ketones (excluding diaryl/α,β-unsaturated/α-hetero) is 1. The largest absolute Gasteiger partial charge is 0.457 e. The van der Waals surface area contributed by atoms with Crippen molar-refractivity contribution in [3.8, 4) is 0 Å². The van der Waals surface area contributed by atoms with Crippen LogP contribution in [0.1, 0.15) is 37.9 Å². The Hall–Kier alpha value is -2.85. The number of rotatable bonds is 8. The number of carbonyl (C=O) groups excluding carboxylic acids is 2. The summed E-state index contributed by atoms with van der Waals surface area (Å²) in [7, 11) is 0. The van der Waals surface area contributed by atoms with Crippen molar-refractivity contribution in [2.24, 2.45) is 0 Å². The molecule has 0 unspecified atom stereocenters. The molecule has 3 aromatic rings. The first-order valence-corrected chi connectivity index (χ1v) is 10.6. The molecule has 148 valence electrons. The molecule has 29 heavy (non-hydrogen) atoms. The lowest BCUT2D eigenvalue weighted by Crippen LogP contribution is -2.17. The zero-order chi connectivity index (χ0) is 20.6. The van der Waals surface area contributed by atoms with Gasteiger partial charge in [-0.1, -0.05) is 84.4 Å². The molecule has 0 N–H and O–H groups in total. The van der Waals surface area contributed by atoms with Gasteiger partial charge in [-0.25, -0.2) is 0 Å². The minimum absolute atomic E-state index is 0.0278. The predicted molar refractivity (Wildman–Crippen MR) is 118 cm³/mol. The van der Waals surface area contributed by atoms with Gasteiger partial charge in [0.1, 0.15) is 0 Å². The maximum Gasteiger partial charge on any atom is 0.316 e. The van der Waals surface area contributed by atoms with E-state index in [-0.39, 0.29) is 29.4 Å². The van der Waals surface area contributed by atoms with Crippen molar-refractivity contribution < 1.29 is 14.3 Å². The first-order valence-electron chi connectivity index (χ1n) is 9.52. The molecule has 3 nitrogen and oxygen atoms in total. The van der Waals surface area contributed by atoms with Crippen LogP contribution < -0.4 is 0 Å². The molecule has 0 amide bonds. The van der Waals surface area contributed by atoms with Gasteiger partial charge in [0.05, 0.1) is 11.0 Å². The van der Waals surface area contributed by atoms with Crippen molar-refractivity contribution in [1.82, 2.24) is 0 Å². The summed E-state index contributed by atoms with van der Waals surface area (Å²) in [6.07, 6.45) is 0. The van der Waals surface area contributed by atoms with Gasteiger partial charge in [0.25, 0.3) is 0 Å². The Morgan fingerprint density at radius 3 is 2.00 bits per heavy atom. The summed E-state index contributed by atoms with van der Waals surface area (Å²) in [5.74, 6) is -0.386. The van der Waals surface area contributed by atoms with E-state index in [1.54, 1.807) is 6.07 Å². The molecule has 4 heteroatoms. The SMILES string of the molecule is Cc1ccc(C(=O)COC(=O)CSC(c2ccccc2)c2ccccc2)c(C)c1. The smallest absolute Gasteiger partial charge is 0.316 e. The second kappa shape index (κ2) is 10.1. The maximum absolute atomic E-state index is 12.4. The summed E-state index contributed by atoms with van der Waals surface area (Å²) in [6.45, 7) is 3.64. The number of hydrogen-bond acceptors (Lipinski definition) is 4. The van der Waals surface area contributed by atoms with Gasteiger partial charge in [0.15, 0.2) is 6.61 Å². The highest BCUT2D eigenvalue weighted by molar-refractivity contribution is 8.00. The van der Waals surface area contributed by atoms with Crippen LogP contribution in [0, 0.1) is 13.8 Å². The second-order valence-electron chi connectivity index (χ2n) is 6.91. The van der Waals surface area contributed by atoms with Crippen molar-refractivity contribution in [1.29, 1.82) is 0 Å². The van der Waals surface area contributed by atoms with Crippen LogP contribution in [-0.2, 0) is 9.53 Å². The Kier molecular flexibility index (Phi) is 7.25. The van der Waals surface area contributed by atoms with E-state index in [4.69, 9.17) is 4.74 Å². The van der Waals surface area contributed by atoms with Gasteiger partial charge >= 0.3 is 5.97 Å². The third kappa shape index (κ3) is 5.81. The zero-order valence-corrected chi connectivity index (χ0v) is 17.4. The van der Waals surface area contributed by atoms with Gasteiger partial charge < -0.3 is 4.74 Å². The molecule has 0 spiro atoms. The lowest BCUT2D eigenvalue weighted by Gasteiger charge is -2.17. The van der Waals surface area contributed by atoms with E-state index >= 15 is 0 Å². The number of ether oxygens (including phenoxy) is 1. The first kappa shape index (κ1) is 20.9. The van der Waals surface area contributed by atoms with E-state index in [1.165, 1.54) is 11.8 Å². The minimum atomic E-state index is -0.384. The van der Waals surface area contributed by atoms with Crippen LogP contribution in [0.3, 0.4) is 0 Å². The minimum Gasteiger partial charge on any atom is -0.457 e. The topological polar surface area (TPSA) is 43.4 Å². The monoisotopic (exact) mass is 404 g/mol. The number of carbonyl (C=O) groups is 2. The average molecular weight is 405 g/mol. The molecule has 0 heterocycles. The van der Waals surface area contributed by atoms with Crippen LogP contribution in [0.2, 0.25) is 0 Å². The standard InChI is InChI=1S/C25H24O3S/c1-18-13-14-22(19(2)15-18)23(26)16-28-24(27)17-29-25(20-9-5-3-6-10-20)21-11-7-4-8-12-21/h3-15,25H,16-17H2,1-2H3. The van der Waals surface area contributed by atoms with Crippen LogP contribution in [0.4, 0.5) is 0 Å². The van der Waals surface area contributed by atoms with Gasteiger partial charge in [0, 0.05) is 5.56 Å². The van der Waals surface area contributed by atoms with E-state index in [0.29, 0.717) is 5.56 Å². The molecule has 0 aliphatic rings. The van der Waals surface area contributed by atoms with Gasteiger partial charge in [-0.05, 0) is 30.5 Å². The highest BCUT2D eigenvalue weighted by Crippen LogP contribution is 2.35. The molecule has 3 rings (SSSR count). The quantitative estimate of drug-likeness (QED) is 0.365. The van der Waals surface area contributed by atoms with E-state index < -0.39 is 0 Å². The van der Waals surface area contributed by atoms with E-state index in [0.717, 1.165) is 22.3 Å². The zero-order valence-electron chi connectivity index (χ0n) is 16.6. The second-order valence-corrected chi connectivity index (χ2v) is 8.01. The molecule has 0 aliphatic carbocycles. The number of benzene rings is 3. The Morgan fingerprint density at radius 1 is 0.862 bits per heavy atom. The summed E-state index contributed by atoms with van der Waals surface area (Å²) in [6, 6.07) is 25.8. The number of hydrogen-bond donors (Lipinski definition) is 0. The molecule has 0 bridgehead atoms. The lowest BCUT2D eigenvalue weighted by molar-refractivity contribution is -0.139. The number of thioether (sulfide) groups is 1. The Labute approximate surface area is 176 Å². The molecule has 0 aromatic heterocycles. The lowest BCUT2D eigenvalue weighted by atomic mass is 10.0. The molecule has 0 fully saturated rings. The van der Waals surface area contributed by atoms with E-state index in [9.17, 15) is 9.59 Å². The first-order chi connectivity index (χ1) is 14.0. The summed E-state index contributed by atoms with van der Waals surface area (Å²) in [5.41, 5.74) is 4.85. The molecule has 3 aromatic carbocycles. The fraction of sp³-hybridized carbons (Fsp3) is 0.200. The van der Waals surface area contributed by atoms with Crippen molar-refractivity contribution in [3.05, 3.63) is 107 Å². The summed E-state index contributed by atoms with van der Waals surface area (Å²) < 4.78 is 5.26. The molecule has 0 atom stereocenters. The Morgan fingerprint density at radius 2 is 1.45 bits per heavy atom. The van der Waals surface area contributed by atoms with E-state index in [2.05, 4.69) is 24.3 Å². The van der Waals surface area contributed by atoms with Crippen LogP contribution in [0.25, 0.3) is 0 Å². The average Bonchev–Trinajstić information content (AvgIpc) is 2.74. The Bertz CT molecular complexity index is 928. The summed E-state index contributed by atoms with van der Waals surface area (Å²) in [5, 5.41) is 0.0278. The van der Waals surface area contributed by atoms with Crippen LogP contribution in [0.15, 0.2) is 78.9 Å². The molecule has 0 saturated heterocycles. The molecule has 0 saturated carbocycles. The van der Waals surface area contributed by atoms with Gasteiger partial charge in [-0.2, -0.15) is 0 Å². The number of ketones is 1. The van der Waals surface area contributed by atoms with Crippen molar-refractivity contribution in [2.45, 2.75) is 19.1 Å². The third-order valence-corrected chi connectivity index (χ3v) is 5.90. The normalized spacial score (nSPS) is 10.7. The Balaban J connectivity index is 1.60. The number of esters is 1. The van der Waals surface area contributed by atoms with Crippen LogP contribution >= 0.6 is 11.8 Å². The van der Waals surface area contributed by atoms with Gasteiger partial charge in [-0.15, -0.1) is 11.8 Å². The fourth-order valence-corrected chi connectivity index (χ4v) is 4.27. The maximum atomic E-state index is 12.4. The highest BCUT2D eigenvalue weighted by Gasteiger charge is 2.18. The van der Waals surface area contributed by atoms with Crippen molar-refractivity contribution in [2.75, 3.05) is 12.4 Å². The van der Waals surface area contributed by atoms with Gasteiger partial charge in [-0.3, -0.25) is 9.59 Å². The molecule has 0 radical (unpaired) electrons. The van der Waals surface area contributed by atoms with Crippen LogP contribution in [0.5, 0.6) is 0 Å². The highest BCUT2D eigenvalue weighted by atomic mass is 32.2. The van der Waals surface area contributed by atoms with Crippen LogP contribution in [-0.4, -0.2) is 24.1 Å². The molecular weight excluding hydrogens is 380 g/mol. The van der Waals surface area contributed by atoms with Gasteiger partial charge in [0.2, 0.25) is 5.78 Å². The predicted octanol–water partition coefficient (Wildman–Crippen LogP) is 5.55.